The molecule has 1 atom stereocenters. The first-order valence-corrected chi connectivity index (χ1v) is 5.19. The molecule has 0 saturated carbocycles. The summed E-state index contributed by atoms with van der Waals surface area (Å²) in [5.74, 6) is -0.160. The fourth-order valence-electron chi connectivity index (χ4n) is 0.944. The molecule has 0 N–H and O–H groups in total. The summed E-state index contributed by atoms with van der Waals surface area (Å²) in [4.78, 5) is 8.46. The van der Waals surface area contributed by atoms with E-state index in [-0.39, 0.29) is 5.92 Å². The summed E-state index contributed by atoms with van der Waals surface area (Å²) in [5.41, 5.74) is 1.72. The van der Waals surface area contributed by atoms with Crippen LogP contribution in [0.5, 0.6) is 0 Å². The molecule has 4 heteroatoms. The number of nitriles is 1. The van der Waals surface area contributed by atoms with Crippen molar-refractivity contribution >= 4 is 11.8 Å². The highest BCUT2D eigenvalue weighted by atomic mass is 32.2. The third kappa shape index (κ3) is 2.43. The van der Waals surface area contributed by atoms with Crippen molar-refractivity contribution in [1.82, 2.24) is 9.97 Å². The van der Waals surface area contributed by atoms with E-state index in [9.17, 15) is 0 Å². The minimum atomic E-state index is -0.160. The number of rotatable bonds is 2. The lowest BCUT2D eigenvalue weighted by molar-refractivity contribution is 0.826. The summed E-state index contributed by atoms with van der Waals surface area (Å²) in [7, 11) is 0. The molecule has 0 amide bonds. The van der Waals surface area contributed by atoms with Gasteiger partial charge in [-0.3, -0.25) is 0 Å². The van der Waals surface area contributed by atoms with Crippen molar-refractivity contribution in [3.05, 3.63) is 17.5 Å². The number of aromatic nitrogens is 2. The van der Waals surface area contributed by atoms with Crippen LogP contribution in [0, 0.1) is 18.3 Å². The molecule has 3 nitrogen and oxygen atoms in total. The van der Waals surface area contributed by atoms with E-state index in [1.807, 2.05) is 26.2 Å². The molecule has 0 aliphatic heterocycles. The third-order valence-electron chi connectivity index (χ3n) is 1.67. The zero-order valence-corrected chi connectivity index (χ0v) is 8.72. The van der Waals surface area contributed by atoms with Gasteiger partial charge < -0.3 is 0 Å². The van der Waals surface area contributed by atoms with Gasteiger partial charge in [-0.2, -0.15) is 5.26 Å². The van der Waals surface area contributed by atoms with E-state index >= 15 is 0 Å². The van der Waals surface area contributed by atoms with Crippen molar-refractivity contribution in [1.29, 1.82) is 5.26 Å². The SMILES string of the molecule is CSc1nc(C)cc(C(C)C#N)n1. The van der Waals surface area contributed by atoms with Gasteiger partial charge in [-0.1, -0.05) is 11.8 Å². The van der Waals surface area contributed by atoms with E-state index < -0.39 is 0 Å². The highest BCUT2D eigenvalue weighted by molar-refractivity contribution is 7.98. The van der Waals surface area contributed by atoms with Crippen LogP contribution in [0.2, 0.25) is 0 Å². The molecule has 0 fully saturated rings. The van der Waals surface area contributed by atoms with E-state index in [4.69, 9.17) is 5.26 Å². The molecule has 1 unspecified atom stereocenters. The Bertz CT molecular complexity index is 343. The van der Waals surface area contributed by atoms with Crippen LogP contribution in [-0.4, -0.2) is 16.2 Å². The van der Waals surface area contributed by atoms with Crippen molar-refractivity contribution in [3.8, 4) is 6.07 Å². The highest BCUT2D eigenvalue weighted by Gasteiger charge is 2.07. The van der Waals surface area contributed by atoms with Crippen molar-refractivity contribution in [2.75, 3.05) is 6.26 Å². The van der Waals surface area contributed by atoms with Gasteiger partial charge in [0.1, 0.15) is 0 Å². The molecule has 0 aromatic carbocycles. The molecule has 1 aromatic heterocycles. The van der Waals surface area contributed by atoms with Gasteiger partial charge in [0.15, 0.2) is 5.16 Å². The summed E-state index contributed by atoms with van der Waals surface area (Å²) in [6.45, 7) is 3.75. The molecule has 0 radical (unpaired) electrons. The summed E-state index contributed by atoms with van der Waals surface area (Å²) < 4.78 is 0. The van der Waals surface area contributed by atoms with Crippen LogP contribution in [0.1, 0.15) is 24.2 Å². The quantitative estimate of drug-likeness (QED) is 0.533. The lowest BCUT2D eigenvalue weighted by Crippen LogP contribution is -1.99. The molecule has 1 heterocycles. The maximum absolute atomic E-state index is 8.73. The molecule has 0 saturated heterocycles. The molecule has 68 valence electrons. The smallest absolute Gasteiger partial charge is 0.187 e. The van der Waals surface area contributed by atoms with Gasteiger partial charge in [-0.15, -0.1) is 0 Å². The van der Waals surface area contributed by atoms with E-state index in [1.165, 1.54) is 11.8 Å². The van der Waals surface area contributed by atoms with Gasteiger partial charge in [0.25, 0.3) is 0 Å². The van der Waals surface area contributed by atoms with Crippen molar-refractivity contribution in [2.24, 2.45) is 0 Å². The minimum Gasteiger partial charge on any atom is -0.228 e. The van der Waals surface area contributed by atoms with Crippen LogP contribution in [0.15, 0.2) is 11.2 Å². The molecule has 1 rings (SSSR count). The monoisotopic (exact) mass is 193 g/mol. The van der Waals surface area contributed by atoms with Gasteiger partial charge in [0, 0.05) is 5.69 Å². The average Bonchev–Trinajstić information content (AvgIpc) is 2.15. The predicted molar refractivity (Wildman–Crippen MR) is 52.6 cm³/mol. The second kappa shape index (κ2) is 4.24. The van der Waals surface area contributed by atoms with E-state index in [0.717, 1.165) is 16.5 Å². The number of thioether (sulfide) groups is 1. The Morgan fingerprint density at radius 3 is 2.77 bits per heavy atom. The van der Waals surface area contributed by atoms with E-state index in [2.05, 4.69) is 16.0 Å². The molecular formula is C9H11N3S. The summed E-state index contributed by atoms with van der Waals surface area (Å²) in [6, 6.07) is 4.01. The zero-order chi connectivity index (χ0) is 9.84. The Morgan fingerprint density at radius 1 is 1.54 bits per heavy atom. The lowest BCUT2D eigenvalue weighted by Gasteiger charge is -2.04. The molecule has 13 heavy (non-hydrogen) atoms. The first-order chi connectivity index (χ1) is 6.17. The molecule has 0 aliphatic rings. The Hall–Kier alpha value is -1.08. The Labute approximate surface area is 82.2 Å². The first kappa shape index (κ1) is 10.0. The first-order valence-electron chi connectivity index (χ1n) is 3.96. The van der Waals surface area contributed by atoms with Crippen LogP contribution < -0.4 is 0 Å². The summed E-state index contributed by atoms with van der Waals surface area (Å²) in [6.07, 6.45) is 1.93. The lowest BCUT2D eigenvalue weighted by atomic mass is 10.1. The summed E-state index contributed by atoms with van der Waals surface area (Å²) in [5, 5.41) is 9.46. The van der Waals surface area contributed by atoms with Gasteiger partial charge in [0.2, 0.25) is 0 Å². The zero-order valence-electron chi connectivity index (χ0n) is 7.90. The van der Waals surface area contributed by atoms with Gasteiger partial charge >= 0.3 is 0 Å². The number of nitrogens with zero attached hydrogens (tertiary/aromatic N) is 3. The van der Waals surface area contributed by atoms with Gasteiger partial charge in [-0.25, -0.2) is 9.97 Å². The van der Waals surface area contributed by atoms with E-state index in [0.29, 0.717) is 0 Å². The van der Waals surface area contributed by atoms with Gasteiger partial charge in [-0.05, 0) is 26.2 Å². The Kier molecular flexibility index (Phi) is 3.26. The van der Waals surface area contributed by atoms with Crippen LogP contribution in [-0.2, 0) is 0 Å². The van der Waals surface area contributed by atoms with Crippen molar-refractivity contribution < 1.29 is 0 Å². The molecule has 0 spiro atoms. The number of hydrogen-bond donors (Lipinski definition) is 0. The van der Waals surface area contributed by atoms with Crippen LogP contribution in [0.25, 0.3) is 0 Å². The van der Waals surface area contributed by atoms with Crippen LogP contribution in [0.3, 0.4) is 0 Å². The normalized spacial score (nSPS) is 12.2. The third-order valence-corrected chi connectivity index (χ3v) is 2.22. The second-order valence-corrected chi connectivity index (χ2v) is 3.55. The average molecular weight is 193 g/mol. The number of aryl methyl sites for hydroxylation is 1. The fraction of sp³-hybridized carbons (Fsp3) is 0.444. The maximum Gasteiger partial charge on any atom is 0.187 e. The number of hydrogen-bond acceptors (Lipinski definition) is 4. The molecule has 0 aliphatic carbocycles. The fourth-order valence-corrected chi connectivity index (χ4v) is 1.38. The van der Waals surface area contributed by atoms with Crippen molar-refractivity contribution in [3.63, 3.8) is 0 Å². The van der Waals surface area contributed by atoms with Crippen molar-refractivity contribution in [2.45, 2.75) is 24.9 Å². The standard InChI is InChI=1S/C9H11N3S/c1-6(5-10)8-4-7(2)11-9(12-8)13-3/h4,6H,1-3H3. The topological polar surface area (TPSA) is 49.6 Å². The second-order valence-electron chi connectivity index (χ2n) is 2.77. The van der Waals surface area contributed by atoms with E-state index in [1.54, 1.807) is 0 Å². The van der Waals surface area contributed by atoms with Crippen LogP contribution >= 0.6 is 11.8 Å². The largest absolute Gasteiger partial charge is 0.228 e. The van der Waals surface area contributed by atoms with Gasteiger partial charge in [0.05, 0.1) is 17.7 Å². The van der Waals surface area contributed by atoms with Crippen LogP contribution in [0.4, 0.5) is 0 Å². The molecular weight excluding hydrogens is 182 g/mol. The minimum absolute atomic E-state index is 0.160. The Balaban J connectivity index is 3.10. The predicted octanol–water partition coefficient (Wildman–Crippen LogP) is 2.13. The maximum atomic E-state index is 8.73. The highest BCUT2D eigenvalue weighted by Crippen LogP contribution is 2.16. The summed E-state index contributed by atoms with van der Waals surface area (Å²) >= 11 is 1.49. The molecule has 0 bridgehead atoms. The molecule has 1 aromatic rings. The Morgan fingerprint density at radius 2 is 2.23 bits per heavy atom.